The van der Waals surface area contributed by atoms with Gasteiger partial charge in [0.05, 0.1) is 10.9 Å². The molecule has 1 aliphatic rings. The summed E-state index contributed by atoms with van der Waals surface area (Å²) in [6.07, 6.45) is -0.461. The van der Waals surface area contributed by atoms with Crippen LogP contribution < -0.4 is 4.74 Å². The Morgan fingerprint density at radius 2 is 2.14 bits per heavy atom. The fraction of sp³-hybridized carbons (Fsp3) is 0.455. The third-order valence-electron chi connectivity index (χ3n) is 2.50. The number of aliphatic hydroxyl groups excluding tert-OH is 1. The van der Waals surface area contributed by atoms with Crippen molar-refractivity contribution in [2.75, 3.05) is 6.61 Å². The zero-order valence-electron chi connectivity index (χ0n) is 8.25. The number of hydrogen-bond donors (Lipinski definition) is 1. The Bertz CT molecular complexity index is 363. The van der Waals surface area contributed by atoms with E-state index in [9.17, 15) is 5.11 Å². The molecule has 14 heavy (non-hydrogen) atoms. The molecule has 1 aliphatic heterocycles. The Labute approximate surface area is 92.0 Å². The molecule has 0 radical (unpaired) electrons. The summed E-state index contributed by atoms with van der Waals surface area (Å²) in [7, 11) is 0. The molecule has 0 amide bonds. The fourth-order valence-electron chi connectivity index (χ4n) is 1.85. The van der Waals surface area contributed by atoms with Crippen molar-refractivity contribution in [1.82, 2.24) is 0 Å². The lowest BCUT2D eigenvalue weighted by molar-refractivity contribution is 0.124. The zero-order valence-corrected chi connectivity index (χ0v) is 9.84. The Morgan fingerprint density at radius 3 is 2.86 bits per heavy atom. The molecule has 0 fully saturated rings. The van der Waals surface area contributed by atoms with Crippen molar-refractivity contribution in [2.45, 2.75) is 24.8 Å². The molecule has 2 atom stereocenters. The highest BCUT2D eigenvalue weighted by Gasteiger charge is 2.28. The summed E-state index contributed by atoms with van der Waals surface area (Å²) in [5.41, 5.74) is 3.15. The number of fused-ring (bicyclic) bond motifs is 1. The molecule has 2 unspecified atom stereocenters. The van der Waals surface area contributed by atoms with Gasteiger partial charge in [0.15, 0.2) is 0 Å². The van der Waals surface area contributed by atoms with Gasteiger partial charge in [-0.2, -0.15) is 0 Å². The summed E-state index contributed by atoms with van der Waals surface area (Å²) >= 11 is 3.40. The molecule has 3 heteroatoms. The van der Waals surface area contributed by atoms with Gasteiger partial charge in [0.2, 0.25) is 0 Å². The second kappa shape index (κ2) is 3.55. The average Bonchev–Trinajstić information content (AvgIpc) is 2.12. The van der Waals surface area contributed by atoms with Crippen LogP contribution in [0.15, 0.2) is 12.1 Å². The van der Waals surface area contributed by atoms with E-state index in [0.717, 1.165) is 22.4 Å². The van der Waals surface area contributed by atoms with Crippen LogP contribution in [0.1, 0.15) is 22.8 Å². The van der Waals surface area contributed by atoms with E-state index in [0.29, 0.717) is 6.61 Å². The maximum Gasteiger partial charge on any atom is 0.128 e. The van der Waals surface area contributed by atoms with E-state index in [4.69, 9.17) is 4.74 Å². The number of aryl methyl sites for hydroxylation is 2. The SMILES string of the molecule is Cc1cc(C)c2c(c1)C(O)C(Br)CO2. The van der Waals surface area contributed by atoms with E-state index >= 15 is 0 Å². The molecule has 2 rings (SSSR count). The molecule has 0 aromatic heterocycles. The third-order valence-corrected chi connectivity index (χ3v) is 3.26. The summed E-state index contributed by atoms with van der Waals surface area (Å²) in [4.78, 5) is -0.00352. The van der Waals surface area contributed by atoms with Gasteiger partial charge in [-0.05, 0) is 25.5 Å². The lowest BCUT2D eigenvalue weighted by Gasteiger charge is -2.28. The highest BCUT2D eigenvalue weighted by atomic mass is 79.9. The molecule has 0 aliphatic carbocycles. The smallest absolute Gasteiger partial charge is 0.128 e. The first kappa shape index (κ1) is 9.99. The van der Waals surface area contributed by atoms with Crippen LogP contribution in [0.4, 0.5) is 0 Å². The molecule has 0 saturated heterocycles. The molecule has 76 valence electrons. The number of alkyl halides is 1. The zero-order chi connectivity index (χ0) is 10.3. The lowest BCUT2D eigenvalue weighted by Crippen LogP contribution is -2.26. The van der Waals surface area contributed by atoms with Gasteiger partial charge in [-0.3, -0.25) is 0 Å². The molecular formula is C11H13BrO2. The van der Waals surface area contributed by atoms with E-state index in [1.807, 2.05) is 19.9 Å². The van der Waals surface area contributed by atoms with Crippen LogP contribution in [0.3, 0.4) is 0 Å². The topological polar surface area (TPSA) is 29.5 Å². The first-order valence-electron chi connectivity index (χ1n) is 4.65. The van der Waals surface area contributed by atoms with Gasteiger partial charge in [-0.25, -0.2) is 0 Å². The number of ether oxygens (including phenoxy) is 1. The molecule has 0 spiro atoms. The quantitative estimate of drug-likeness (QED) is 0.723. The summed E-state index contributed by atoms with van der Waals surface area (Å²) in [6.45, 7) is 4.56. The molecule has 1 N–H and O–H groups in total. The van der Waals surface area contributed by atoms with Gasteiger partial charge in [-0.15, -0.1) is 0 Å². The van der Waals surface area contributed by atoms with Crippen molar-refractivity contribution in [3.63, 3.8) is 0 Å². The molecule has 1 aromatic carbocycles. The monoisotopic (exact) mass is 256 g/mol. The van der Waals surface area contributed by atoms with E-state index in [1.54, 1.807) is 0 Å². The average molecular weight is 257 g/mol. The third kappa shape index (κ3) is 1.55. The van der Waals surface area contributed by atoms with Crippen LogP contribution in [-0.2, 0) is 0 Å². The molecule has 0 saturated carbocycles. The van der Waals surface area contributed by atoms with Crippen LogP contribution in [-0.4, -0.2) is 16.5 Å². The molecule has 2 nitrogen and oxygen atoms in total. The second-order valence-corrected chi connectivity index (χ2v) is 4.95. The first-order valence-corrected chi connectivity index (χ1v) is 5.57. The Balaban J connectivity index is 2.54. The summed E-state index contributed by atoms with van der Waals surface area (Å²) in [6, 6.07) is 4.06. The lowest BCUT2D eigenvalue weighted by atomic mass is 9.98. The van der Waals surface area contributed by atoms with Gasteiger partial charge in [0, 0.05) is 5.56 Å². The van der Waals surface area contributed by atoms with E-state index in [1.165, 1.54) is 0 Å². The van der Waals surface area contributed by atoms with Crippen LogP contribution in [0, 0.1) is 13.8 Å². The maximum absolute atomic E-state index is 9.95. The largest absolute Gasteiger partial charge is 0.492 e. The second-order valence-electron chi connectivity index (χ2n) is 3.77. The summed E-state index contributed by atoms with van der Waals surface area (Å²) in [5.74, 6) is 0.846. The number of aliphatic hydroxyl groups is 1. The van der Waals surface area contributed by atoms with Crippen LogP contribution in [0.5, 0.6) is 5.75 Å². The number of hydrogen-bond acceptors (Lipinski definition) is 2. The number of rotatable bonds is 0. The normalized spacial score (nSPS) is 25.4. The van der Waals surface area contributed by atoms with Crippen LogP contribution >= 0.6 is 15.9 Å². The number of halogens is 1. The van der Waals surface area contributed by atoms with Gasteiger partial charge in [0.1, 0.15) is 12.4 Å². The molecule has 1 heterocycles. The van der Waals surface area contributed by atoms with Crippen molar-refractivity contribution >= 4 is 15.9 Å². The van der Waals surface area contributed by atoms with Crippen molar-refractivity contribution in [2.24, 2.45) is 0 Å². The molecule has 1 aromatic rings. The minimum Gasteiger partial charge on any atom is -0.492 e. The van der Waals surface area contributed by atoms with E-state index < -0.39 is 6.10 Å². The summed E-state index contributed by atoms with van der Waals surface area (Å²) < 4.78 is 5.59. The number of benzene rings is 1. The van der Waals surface area contributed by atoms with Crippen molar-refractivity contribution in [1.29, 1.82) is 0 Å². The van der Waals surface area contributed by atoms with Crippen molar-refractivity contribution in [3.8, 4) is 5.75 Å². The van der Waals surface area contributed by atoms with Gasteiger partial charge in [-0.1, -0.05) is 27.6 Å². The predicted octanol–water partition coefficient (Wildman–Crippen LogP) is 2.49. The highest BCUT2D eigenvalue weighted by Crippen LogP contribution is 2.37. The van der Waals surface area contributed by atoms with E-state index in [-0.39, 0.29) is 4.83 Å². The van der Waals surface area contributed by atoms with Crippen molar-refractivity contribution < 1.29 is 9.84 Å². The van der Waals surface area contributed by atoms with Gasteiger partial charge >= 0.3 is 0 Å². The van der Waals surface area contributed by atoms with Gasteiger partial charge < -0.3 is 9.84 Å². The standard InChI is InChI=1S/C11H13BrO2/c1-6-3-7(2)11-8(4-6)10(13)9(12)5-14-11/h3-4,9-10,13H,5H2,1-2H3. The van der Waals surface area contributed by atoms with Crippen molar-refractivity contribution in [3.05, 3.63) is 28.8 Å². The predicted molar refractivity (Wildman–Crippen MR) is 59.1 cm³/mol. The highest BCUT2D eigenvalue weighted by molar-refractivity contribution is 9.09. The fourth-order valence-corrected chi connectivity index (χ4v) is 2.27. The molecule has 0 bridgehead atoms. The first-order chi connectivity index (χ1) is 6.59. The minimum absolute atomic E-state index is 0.00352. The minimum atomic E-state index is -0.461. The Morgan fingerprint density at radius 1 is 1.43 bits per heavy atom. The Kier molecular flexibility index (Phi) is 2.54. The summed E-state index contributed by atoms with van der Waals surface area (Å²) in [5, 5.41) is 9.95. The maximum atomic E-state index is 9.95. The molecular weight excluding hydrogens is 244 g/mol. The van der Waals surface area contributed by atoms with E-state index in [2.05, 4.69) is 22.0 Å². The Hall–Kier alpha value is -0.540. The van der Waals surface area contributed by atoms with Crippen LogP contribution in [0.2, 0.25) is 0 Å². The van der Waals surface area contributed by atoms with Crippen LogP contribution in [0.25, 0.3) is 0 Å². The van der Waals surface area contributed by atoms with Gasteiger partial charge in [0.25, 0.3) is 0 Å².